The highest BCUT2D eigenvalue weighted by Crippen LogP contribution is 2.37. The average molecular weight is 584 g/mol. The molecule has 0 saturated carbocycles. The van der Waals surface area contributed by atoms with E-state index in [-0.39, 0.29) is 49.8 Å². The van der Waals surface area contributed by atoms with Crippen LogP contribution >= 0.6 is 0 Å². The number of benzene rings is 4. The monoisotopic (exact) mass is 583 g/mol. The quantitative estimate of drug-likeness (QED) is 0.195. The zero-order valence-corrected chi connectivity index (χ0v) is 24.5. The van der Waals surface area contributed by atoms with Crippen molar-refractivity contribution in [2.75, 3.05) is 13.2 Å². The first-order chi connectivity index (χ1) is 21.5. The molecular weight excluding hydrogens is 550 g/mol. The van der Waals surface area contributed by atoms with E-state index in [0.29, 0.717) is 22.6 Å². The van der Waals surface area contributed by atoms with Crippen LogP contribution in [-0.4, -0.2) is 40.8 Å². The Morgan fingerprint density at radius 3 is 2.34 bits per heavy atom. The molecule has 7 nitrogen and oxygen atoms in total. The number of fused-ring (bicyclic) bond motifs is 2. The molecule has 0 radical (unpaired) electrons. The Kier molecular flexibility index (Phi) is 8.46. The predicted molar refractivity (Wildman–Crippen MR) is 170 cm³/mol. The molecule has 1 aliphatic rings. The van der Waals surface area contributed by atoms with Crippen LogP contribution < -0.4 is 10.1 Å². The Bertz CT molecular complexity index is 1820. The number of aromatic nitrogens is 1. The molecule has 0 bridgehead atoms. The van der Waals surface area contributed by atoms with E-state index in [1.54, 1.807) is 12.1 Å². The first-order valence-electron chi connectivity index (χ1n) is 14.9. The van der Waals surface area contributed by atoms with Gasteiger partial charge in [0, 0.05) is 22.1 Å². The van der Waals surface area contributed by atoms with Crippen LogP contribution in [0.4, 0.5) is 0 Å². The smallest absolute Gasteiger partial charge is 0.260 e. The van der Waals surface area contributed by atoms with Gasteiger partial charge in [-0.3, -0.25) is 19.3 Å². The second-order valence-corrected chi connectivity index (χ2v) is 10.8. The van der Waals surface area contributed by atoms with Crippen LogP contribution in [0.1, 0.15) is 46.4 Å². The fraction of sp³-hybridized carbons (Fsp3) is 0.189. The molecule has 0 spiro atoms. The third kappa shape index (κ3) is 5.95. The summed E-state index contributed by atoms with van der Waals surface area (Å²) in [6.07, 6.45) is 0.975. The van der Waals surface area contributed by atoms with E-state index in [9.17, 15) is 14.4 Å². The fourth-order valence-electron chi connectivity index (χ4n) is 5.76. The van der Waals surface area contributed by atoms with E-state index >= 15 is 0 Å². The van der Waals surface area contributed by atoms with E-state index in [4.69, 9.17) is 9.72 Å². The molecule has 7 heteroatoms. The molecule has 6 rings (SSSR count). The van der Waals surface area contributed by atoms with Gasteiger partial charge < -0.3 is 10.1 Å². The van der Waals surface area contributed by atoms with E-state index in [2.05, 4.69) is 5.32 Å². The minimum Gasteiger partial charge on any atom is -0.489 e. The zero-order chi connectivity index (χ0) is 30.5. The highest BCUT2D eigenvalue weighted by molar-refractivity contribution is 6.09. The van der Waals surface area contributed by atoms with Crippen LogP contribution in [0.15, 0.2) is 109 Å². The van der Waals surface area contributed by atoms with Gasteiger partial charge in [0.05, 0.1) is 30.9 Å². The average Bonchev–Trinajstić information content (AvgIpc) is 3.06. The summed E-state index contributed by atoms with van der Waals surface area (Å²) in [7, 11) is 0. The highest BCUT2D eigenvalue weighted by atomic mass is 16.5. The molecule has 0 unspecified atom stereocenters. The number of ether oxygens (including phenoxy) is 1. The molecule has 1 aromatic heterocycles. The van der Waals surface area contributed by atoms with Gasteiger partial charge in [-0.1, -0.05) is 104 Å². The van der Waals surface area contributed by atoms with E-state index in [1.807, 2.05) is 104 Å². The van der Waals surface area contributed by atoms with Crippen molar-refractivity contribution in [2.24, 2.45) is 0 Å². The number of imide groups is 1. The molecule has 2 heterocycles. The van der Waals surface area contributed by atoms with Crippen molar-refractivity contribution in [3.63, 3.8) is 0 Å². The SMILES string of the molecule is CC[C@H](NC(=O)Cc1c(OCCN2C(=O)Cc3ccccc3C2=O)c(-c2ccccc2)nc2ccccc12)c1ccccc1. The number of amides is 3. The molecule has 1 atom stereocenters. The lowest BCUT2D eigenvalue weighted by Crippen LogP contribution is -2.44. The van der Waals surface area contributed by atoms with Gasteiger partial charge in [-0.2, -0.15) is 0 Å². The van der Waals surface area contributed by atoms with E-state index in [1.165, 1.54) is 4.90 Å². The Hall–Kier alpha value is -5.30. The molecule has 5 aromatic rings. The van der Waals surface area contributed by atoms with E-state index < -0.39 is 0 Å². The lowest BCUT2D eigenvalue weighted by molar-refractivity contribution is -0.128. The summed E-state index contributed by atoms with van der Waals surface area (Å²) >= 11 is 0. The first kappa shape index (κ1) is 28.8. The maximum absolute atomic E-state index is 13.6. The number of hydrogen-bond donors (Lipinski definition) is 1. The predicted octanol–water partition coefficient (Wildman–Crippen LogP) is 6.32. The molecule has 4 aromatic carbocycles. The second kappa shape index (κ2) is 12.9. The highest BCUT2D eigenvalue weighted by Gasteiger charge is 2.31. The second-order valence-electron chi connectivity index (χ2n) is 10.8. The van der Waals surface area contributed by atoms with Gasteiger partial charge in [-0.15, -0.1) is 0 Å². The van der Waals surface area contributed by atoms with Crippen LogP contribution in [0.25, 0.3) is 22.2 Å². The number of hydrogen-bond acceptors (Lipinski definition) is 5. The summed E-state index contributed by atoms with van der Waals surface area (Å²) in [6.45, 7) is 2.17. The molecule has 0 aliphatic carbocycles. The molecular formula is C37H33N3O4. The van der Waals surface area contributed by atoms with Crippen LogP contribution in [-0.2, 0) is 22.4 Å². The van der Waals surface area contributed by atoms with Gasteiger partial charge in [0.25, 0.3) is 5.91 Å². The van der Waals surface area contributed by atoms with Gasteiger partial charge in [0.1, 0.15) is 18.1 Å². The first-order valence-corrected chi connectivity index (χ1v) is 14.9. The van der Waals surface area contributed by atoms with Crippen molar-refractivity contribution >= 4 is 28.6 Å². The molecule has 0 saturated heterocycles. The van der Waals surface area contributed by atoms with Gasteiger partial charge in [-0.05, 0) is 29.7 Å². The number of nitrogens with one attached hydrogen (secondary N) is 1. The van der Waals surface area contributed by atoms with Crippen LogP contribution in [0.5, 0.6) is 5.75 Å². The van der Waals surface area contributed by atoms with Gasteiger partial charge in [0.2, 0.25) is 11.8 Å². The van der Waals surface area contributed by atoms with Crippen molar-refractivity contribution < 1.29 is 19.1 Å². The minimum atomic E-state index is -0.327. The summed E-state index contributed by atoms with van der Waals surface area (Å²) in [5, 5.41) is 4.01. The number of para-hydroxylation sites is 1. The maximum Gasteiger partial charge on any atom is 0.260 e. The Morgan fingerprint density at radius 1 is 0.886 bits per heavy atom. The summed E-state index contributed by atoms with van der Waals surface area (Å²) in [5.41, 5.74) is 5.20. The van der Waals surface area contributed by atoms with Crippen molar-refractivity contribution in [2.45, 2.75) is 32.2 Å². The Labute approximate surface area is 256 Å². The minimum absolute atomic E-state index is 0.0513. The fourth-order valence-corrected chi connectivity index (χ4v) is 5.76. The lowest BCUT2D eigenvalue weighted by Gasteiger charge is -2.27. The summed E-state index contributed by atoms with van der Waals surface area (Å²) in [4.78, 5) is 45.9. The van der Waals surface area contributed by atoms with Gasteiger partial charge in [0.15, 0.2) is 0 Å². The Balaban J connectivity index is 1.33. The van der Waals surface area contributed by atoms with Crippen LogP contribution in [0.3, 0.4) is 0 Å². The van der Waals surface area contributed by atoms with Crippen LogP contribution in [0, 0.1) is 0 Å². The van der Waals surface area contributed by atoms with E-state index in [0.717, 1.165) is 34.0 Å². The summed E-state index contributed by atoms with van der Waals surface area (Å²) in [6, 6.07) is 34.4. The Morgan fingerprint density at radius 2 is 1.57 bits per heavy atom. The van der Waals surface area contributed by atoms with Crippen molar-refractivity contribution in [1.82, 2.24) is 15.2 Å². The summed E-state index contributed by atoms with van der Waals surface area (Å²) < 4.78 is 6.45. The maximum atomic E-state index is 13.6. The molecule has 44 heavy (non-hydrogen) atoms. The topological polar surface area (TPSA) is 88.6 Å². The lowest BCUT2D eigenvalue weighted by atomic mass is 9.98. The number of carbonyl (C=O) groups is 3. The molecule has 3 amide bonds. The number of carbonyl (C=O) groups excluding carboxylic acids is 3. The molecule has 0 fully saturated rings. The molecule has 1 aliphatic heterocycles. The molecule has 1 N–H and O–H groups in total. The summed E-state index contributed by atoms with van der Waals surface area (Å²) in [5.74, 6) is -0.260. The number of rotatable bonds is 10. The molecule has 220 valence electrons. The number of pyridine rings is 1. The normalized spacial score (nSPS) is 13.4. The standard InChI is InChI=1S/C37H33N3O4/c1-2-31(25-13-5-3-6-14-25)38-33(41)24-30-29-19-11-12-20-32(29)39-35(26-15-7-4-8-16-26)36(30)44-22-21-40-34(42)23-27-17-9-10-18-28(27)37(40)43/h3-20,31H,2,21-24H2,1H3,(H,38,41)/t31-/m0/s1. The third-order valence-corrected chi connectivity index (χ3v) is 7.98. The van der Waals surface area contributed by atoms with Crippen molar-refractivity contribution in [3.8, 4) is 17.0 Å². The van der Waals surface area contributed by atoms with Crippen molar-refractivity contribution in [3.05, 3.63) is 131 Å². The third-order valence-electron chi connectivity index (χ3n) is 7.98. The number of nitrogens with zero attached hydrogens (tertiary/aromatic N) is 2. The van der Waals surface area contributed by atoms with Crippen LogP contribution in [0.2, 0.25) is 0 Å². The van der Waals surface area contributed by atoms with Crippen molar-refractivity contribution in [1.29, 1.82) is 0 Å². The van der Waals surface area contributed by atoms with Gasteiger partial charge >= 0.3 is 0 Å². The van der Waals surface area contributed by atoms with Gasteiger partial charge in [-0.25, -0.2) is 4.98 Å². The zero-order valence-electron chi connectivity index (χ0n) is 24.5. The largest absolute Gasteiger partial charge is 0.489 e.